The van der Waals surface area contributed by atoms with Crippen LogP contribution < -0.4 is 0 Å². The summed E-state index contributed by atoms with van der Waals surface area (Å²) in [7, 11) is 3.75. The van der Waals surface area contributed by atoms with E-state index in [4.69, 9.17) is 0 Å². The fraction of sp³-hybridized carbons (Fsp3) is 0.857. The van der Waals surface area contributed by atoms with E-state index in [9.17, 15) is 9.59 Å². The molecule has 2 atom stereocenters. The van der Waals surface area contributed by atoms with Gasteiger partial charge < -0.3 is 9.80 Å². The summed E-state index contributed by atoms with van der Waals surface area (Å²) in [6.07, 6.45) is 4.13. The van der Waals surface area contributed by atoms with Crippen LogP contribution in [0, 0.1) is 11.8 Å². The van der Waals surface area contributed by atoms with Gasteiger partial charge in [0, 0.05) is 39.0 Å². The van der Waals surface area contributed by atoms with Gasteiger partial charge in [-0.3, -0.25) is 9.59 Å². The minimum absolute atomic E-state index is 0.329. The molecule has 2 rings (SSSR count). The number of hydrogen-bond acceptors (Lipinski definition) is 2. The van der Waals surface area contributed by atoms with E-state index in [2.05, 4.69) is 13.8 Å². The Morgan fingerprint density at radius 3 is 1.33 bits per heavy atom. The van der Waals surface area contributed by atoms with Crippen molar-refractivity contribution in [3.63, 3.8) is 0 Å². The predicted molar refractivity (Wildman–Crippen MR) is 72.1 cm³/mol. The molecule has 2 fully saturated rings. The van der Waals surface area contributed by atoms with Gasteiger partial charge in [0.1, 0.15) is 0 Å². The zero-order valence-corrected chi connectivity index (χ0v) is 12.1. The molecule has 0 aliphatic carbocycles. The van der Waals surface area contributed by atoms with Crippen LogP contribution in [0.15, 0.2) is 0 Å². The van der Waals surface area contributed by atoms with Crippen LogP contribution in [-0.4, -0.2) is 48.8 Å². The van der Waals surface area contributed by atoms with Gasteiger partial charge in [-0.05, 0) is 25.7 Å². The summed E-state index contributed by atoms with van der Waals surface area (Å²) in [5, 5.41) is 0. The van der Waals surface area contributed by atoms with E-state index in [1.165, 1.54) is 0 Å². The van der Waals surface area contributed by atoms with E-state index in [-0.39, 0.29) is 0 Å². The molecule has 4 heteroatoms. The molecule has 0 aromatic carbocycles. The van der Waals surface area contributed by atoms with Crippen LogP contribution in [0.2, 0.25) is 0 Å². The summed E-state index contributed by atoms with van der Waals surface area (Å²) in [6, 6.07) is 0. The molecule has 0 aromatic rings. The van der Waals surface area contributed by atoms with Crippen molar-refractivity contribution in [1.29, 1.82) is 0 Å². The smallest absolute Gasteiger partial charge is 0.225 e. The number of likely N-dealkylation sites (tertiary alicyclic amines) is 2. The molecule has 2 heterocycles. The highest BCUT2D eigenvalue weighted by atomic mass is 16.2. The van der Waals surface area contributed by atoms with E-state index in [1.807, 2.05) is 23.9 Å². The van der Waals surface area contributed by atoms with Gasteiger partial charge >= 0.3 is 0 Å². The van der Waals surface area contributed by atoms with E-state index >= 15 is 0 Å². The van der Waals surface area contributed by atoms with Crippen molar-refractivity contribution >= 4 is 11.8 Å². The van der Waals surface area contributed by atoms with Crippen LogP contribution in [-0.2, 0) is 9.59 Å². The predicted octanol–water partition coefficient (Wildman–Crippen LogP) is 1.75. The highest BCUT2D eigenvalue weighted by molar-refractivity contribution is 5.80. The number of carbonyl (C=O) groups is 2. The number of nitrogens with zero attached hydrogens (tertiary/aromatic N) is 2. The second-order valence-electron chi connectivity index (χ2n) is 5.31. The van der Waals surface area contributed by atoms with Crippen molar-refractivity contribution in [2.45, 2.75) is 39.5 Å². The Hall–Kier alpha value is -1.06. The standard InChI is InChI=1S/2C7H13NO/c2*1-3-6-4-5-8(2)7(6)9/h2*6H,3-5H2,1-2H3. The summed E-state index contributed by atoms with van der Waals surface area (Å²) >= 11 is 0. The van der Waals surface area contributed by atoms with E-state index in [0.717, 1.165) is 38.8 Å². The Bertz CT molecular complexity index is 274. The average Bonchev–Trinajstić information content (AvgIpc) is 2.86. The minimum Gasteiger partial charge on any atom is -0.345 e. The van der Waals surface area contributed by atoms with Gasteiger partial charge in [0.15, 0.2) is 0 Å². The Labute approximate surface area is 110 Å². The molecular weight excluding hydrogens is 228 g/mol. The van der Waals surface area contributed by atoms with Gasteiger partial charge in [-0.15, -0.1) is 0 Å². The van der Waals surface area contributed by atoms with Crippen molar-refractivity contribution in [2.24, 2.45) is 11.8 Å². The number of carbonyl (C=O) groups excluding carboxylic acids is 2. The maximum Gasteiger partial charge on any atom is 0.225 e. The lowest BCUT2D eigenvalue weighted by Crippen LogP contribution is -2.22. The Balaban J connectivity index is 0.000000180. The second-order valence-corrected chi connectivity index (χ2v) is 5.31. The van der Waals surface area contributed by atoms with Crippen molar-refractivity contribution in [3.8, 4) is 0 Å². The number of hydrogen-bond donors (Lipinski definition) is 0. The van der Waals surface area contributed by atoms with Crippen molar-refractivity contribution < 1.29 is 9.59 Å². The molecule has 0 bridgehead atoms. The van der Waals surface area contributed by atoms with Gasteiger partial charge in [0.25, 0.3) is 0 Å². The van der Waals surface area contributed by atoms with Crippen LogP contribution in [0.1, 0.15) is 39.5 Å². The normalized spacial score (nSPS) is 27.6. The third-order valence-electron chi connectivity index (χ3n) is 4.06. The summed E-state index contributed by atoms with van der Waals surface area (Å²) in [4.78, 5) is 25.8. The third-order valence-corrected chi connectivity index (χ3v) is 4.06. The maximum atomic E-state index is 11.1. The highest BCUT2D eigenvalue weighted by Crippen LogP contribution is 2.19. The molecule has 0 N–H and O–H groups in total. The summed E-state index contributed by atoms with van der Waals surface area (Å²) < 4.78 is 0. The molecule has 4 nitrogen and oxygen atoms in total. The van der Waals surface area contributed by atoms with E-state index in [0.29, 0.717) is 23.7 Å². The monoisotopic (exact) mass is 254 g/mol. The summed E-state index contributed by atoms with van der Waals surface area (Å²) in [5.74, 6) is 1.32. The zero-order valence-electron chi connectivity index (χ0n) is 12.1. The molecule has 0 aromatic heterocycles. The molecule has 2 aliphatic rings. The summed E-state index contributed by atoms with van der Waals surface area (Å²) in [5.41, 5.74) is 0. The fourth-order valence-electron chi connectivity index (χ4n) is 2.55. The lowest BCUT2D eigenvalue weighted by molar-refractivity contribution is -0.130. The number of rotatable bonds is 2. The Morgan fingerprint density at radius 2 is 1.22 bits per heavy atom. The van der Waals surface area contributed by atoms with E-state index < -0.39 is 0 Å². The first-order valence-corrected chi connectivity index (χ1v) is 7.01. The summed E-state index contributed by atoms with van der Waals surface area (Å²) in [6.45, 7) is 6.05. The van der Waals surface area contributed by atoms with Gasteiger partial charge in [-0.1, -0.05) is 13.8 Å². The topological polar surface area (TPSA) is 40.6 Å². The van der Waals surface area contributed by atoms with Crippen LogP contribution >= 0.6 is 0 Å². The van der Waals surface area contributed by atoms with Gasteiger partial charge in [-0.25, -0.2) is 0 Å². The van der Waals surface area contributed by atoms with Crippen LogP contribution in [0.3, 0.4) is 0 Å². The first-order valence-electron chi connectivity index (χ1n) is 7.01. The lowest BCUT2D eigenvalue weighted by Gasteiger charge is -2.07. The first kappa shape index (κ1) is 15.0. The number of amides is 2. The third kappa shape index (κ3) is 3.47. The Morgan fingerprint density at radius 1 is 0.889 bits per heavy atom. The molecule has 2 aliphatic heterocycles. The highest BCUT2D eigenvalue weighted by Gasteiger charge is 2.27. The lowest BCUT2D eigenvalue weighted by atomic mass is 10.1. The SMILES string of the molecule is CCC1CCN(C)C1=O.CCC1CCN(C)C1=O. The van der Waals surface area contributed by atoms with Crippen LogP contribution in [0.5, 0.6) is 0 Å². The van der Waals surface area contributed by atoms with Crippen molar-refractivity contribution in [3.05, 3.63) is 0 Å². The van der Waals surface area contributed by atoms with Gasteiger partial charge in [0.2, 0.25) is 11.8 Å². The maximum absolute atomic E-state index is 11.1. The second kappa shape index (κ2) is 6.76. The van der Waals surface area contributed by atoms with Gasteiger partial charge in [0.05, 0.1) is 0 Å². The van der Waals surface area contributed by atoms with Crippen LogP contribution in [0.25, 0.3) is 0 Å². The molecule has 0 spiro atoms. The molecule has 0 radical (unpaired) electrons. The van der Waals surface area contributed by atoms with Crippen molar-refractivity contribution in [1.82, 2.24) is 9.80 Å². The molecule has 0 saturated carbocycles. The molecule has 2 saturated heterocycles. The largest absolute Gasteiger partial charge is 0.345 e. The molecule has 104 valence electrons. The minimum atomic E-state index is 0.329. The molecular formula is C14H26N2O2. The quantitative estimate of drug-likeness (QED) is 0.753. The van der Waals surface area contributed by atoms with E-state index in [1.54, 1.807) is 0 Å². The van der Waals surface area contributed by atoms with Gasteiger partial charge in [-0.2, -0.15) is 0 Å². The Kier molecular flexibility index (Phi) is 5.63. The fourth-order valence-corrected chi connectivity index (χ4v) is 2.55. The zero-order chi connectivity index (χ0) is 13.7. The average molecular weight is 254 g/mol. The molecule has 18 heavy (non-hydrogen) atoms. The molecule has 2 unspecified atom stereocenters. The van der Waals surface area contributed by atoms with Crippen LogP contribution in [0.4, 0.5) is 0 Å². The first-order chi connectivity index (χ1) is 8.51. The van der Waals surface area contributed by atoms with Crippen molar-refractivity contribution in [2.75, 3.05) is 27.2 Å². The molecule has 2 amide bonds.